The van der Waals surface area contributed by atoms with E-state index >= 15 is 0 Å². The molecule has 0 atom stereocenters. The van der Waals surface area contributed by atoms with Gasteiger partial charge in [0.15, 0.2) is 6.35 Å². The molecule has 0 radical (unpaired) electrons. The number of phenols is 1. The van der Waals surface area contributed by atoms with Gasteiger partial charge in [0.25, 0.3) is 0 Å². The van der Waals surface area contributed by atoms with Crippen LogP contribution in [0.4, 0.5) is 0 Å². The zero-order valence-electron chi connectivity index (χ0n) is 18.0. The van der Waals surface area contributed by atoms with E-state index < -0.39 is 7.60 Å². The van der Waals surface area contributed by atoms with Crippen LogP contribution in [-0.4, -0.2) is 24.7 Å². The van der Waals surface area contributed by atoms with E-state index in [-0.39, 0.29) is 12.3 Å². The second-order valence-electron chi connectivity index (χ2n) is 7.08. The van der Waals surface area contributed by atoms with Crippen molar-refractivity contribution in [2.75, 3.05) is 19.6 Å². The molecule has 0 heterocycles. The van der Waals surface area contributed by atoms with Gasteiger partial charge >= 0.3 is 7.60 Å². The predicted octanol–water partition coefficient (Wildman–Crippen LogP) is 6.89. The van der Waals surface area contributed by atoms with Crippen molar-refractivity contribution in [2.24, 2.45) is 0 Å². The van der Waals surface area contributed by atoms with E-state index in [4.69, 9.17) is 13.8 Å². The Morgan fingerprint density at radius 1 is 1.03 bits per heavy atom. The summed E-state index contributed by atoms with van der Waals surface area (Å²) in [6.07, 6.45) is -0.115. The van der Waals surface area contributed by atoms with Crippen LogP contribution in [0.25, 0.3) is 0 Å². The highest BCUT2D eigenvalue weighted by Gasteiger charge is 2.25. The molecule has 0 fully saturated rings. The van der Waals surface area contributed by atoms with Crippen LogP contribution in [-0.2, 0) is 13.6 Å². The predicted molar refractivity (Wildman–Crippen MR) is 119 cm³/mol. The normalized spacial score (nSPS) is 11.8. The van der Waals surface area contributed by atoms with Gasteiger partial charge < -0.3 is 18.9 Å². The van der Waals surface area contributed by atoms with Crippen LogP contribution in [0, 0.1) is 13.8 Å². The molecule has 0 spiro atoms. The van der Waals surface area contributed by atoms with Gasteiger partial charge in [0.1, 0.15) is 11.5 Å². The molecule has 2 aromatic carbocycles. The van der Waals surface area contributed by atoms with Gasteiger partial charge in [-0.25, -0.2) is 0 Å². The van der Waals surface area contributed by atoms with Gasteiger partial charge in [0.05, 0.1) is 13.2 Å². The summed E-state index contributed by atoms with van der Waals surface area (Å²) in [6, 6.07) is 9.57. The van der Waals surface area contributed by atoms with E-state index in [1.54, 1.807) is 31.7 Å². The molecule has 0 bridgehead atoms. The summed E-state index contributed by atoms with van der Waals surface area (Å²) >= 11 is 1.66. The zero-order chi connectivity index (χ0) is 21.6. The number of hydrogen-bond donors (Lipinski definition) is 1. The first-order valence-corrected chi connectivity index (χ1v) is 12.4. The molecular formula is C22H31O5PS. The highest BCUT2D eigenvalue weighted by atomic mass is 32.2. The molecule has 0 saturated heterocycles. The van der Waals surface area contributed by atoms with Crippen molar-refractivity contribution in [1.82, 2.24) is 0 Å². The maximum absolute atomic E-state index is 12.6. The maximum Gasteiger partial charge on any atom is 0.367 e. The molecule has 0 unspecified atom stereocenters. The van der Waals surface area contributed by atoms with Gasteiger partial charge in [-0.15, -0.1) is 0 Å². The molecule has 0 saturated carbocycles. The Morgan fingerprint density at radius 3 is 2.14 bits per heavy atom. The summed E-state index contributed by atoms with van der Waals surface area (Å²) in [5, 5.41) is 10.0. The Labute approximate surface area is 178 Å². The average Bonchev–Trinajstić information content (AvgIpc) is 2.64. The van der Waals surface area contributed by atoms with E-state index in [0.29, 0.717) is 24.7 Å². The third kappa shape index (κ3) is 6.51. The molecule has 0 aliphatic heterocycles. The summed E-state index contributed by atoms with van der Waals surface area (Å²) in [5.41, 5.74) is 3.06. The van der Waals surface area contributed by atoms with E-state index in [1.807, 2.05) is 38.1 Å². The van der Waals surface area contributed by atoms with Crippen LogP contribution in [0.1, 0.15) is 50.3 Å². The molecule has 5 nitrogen and oxygen atoms in total. The van der Waals surface area contributed by atoms with Crippen molar-refractivity contribution in [3.05, 3.63) is 47.0 Å². The third-order valence-corrected chi connectivity index (χ3v) is 7.40. The Balaban J connectivity index is 2.19. The van der Waals surface area contributed by atoms with Crippen LogP contribution in [0.3, 0.4) is 0 Å². The number of hydrogen-bond acceptors (Lipinski definition) is 6. The van der Waals surface area contributed by atoms with Gasteiger partial charge in [0.2, 0.25) is 0 Å². The van der Waals surface area contributed by atoms with Crippen molar-refractivity contribution in [2.45, 2.75) is 57.3 Å². The molecular weight excluding hydrogens is 407 g/mol. The first-order chi connectivity index (χ1) is 13.7. The zero-order valence-corrected chi connectivity index (χ0v) is 19.7. The molecule has 7 heteroatoms. The summed E-state index contributed by atoms with van der Waals surface area (Å²) in [4.78, 5) is 2.21. The number of aryl methyl sites for hydroxylation is 2. The first kappa shape index (κ1) is 23.8. The minimum Gasteiger partial charge on any atom is -0.508 e. The van der Waals surface area contributed by atoms with Crippen LogP contribution in [0.15, 0.2) is 40.1 Å². The van der Waals surface area contributed by atoms with Crippen LogP contribution < -0.4 is 4.74 Å². The van der Waals surface area contributed by atoms with E-state index in [1.165, 1.54) is 0 Å². The molecule has 160 valence electrons. The summed E-state index contributed by atoms with van der Waals surface area (Å²) in [6.45, 7) is 12.3. The SMILES string of the molecule is CCOP(=O)(COc1cc(C)c(Sc2ccc(O)c(C(C)C)c2)c(C)c1)OCC. The Kier molecular flexibility index (Phi) is 8.65. The Hall–Kier alpha value is -1.46. The lowest BCUT2D eigenvalue weighted by atomic mass is 10.0. The first-order valence-electron chi connectivity index (χ1n) is 9.82. The smallest absolute Gasteiger partial charge is 0.367 e. The Bertz CT molecular complexity index is 848. The standard InChI is InChI=1S/C22H31O5PS/c1-7-26-28(24,27-8-2)14-25-18-11-16(5)22(17(6)12-18)29-19-9-10-21(23)20(13-19)15(3)4/h9-13,15,23H,7-8,14H2,1-6H3. The summed E-state index contributed by atoms with van der Waals surface area (Å²) < 4.78 is 28.9. The fourth-order valence-corrected chi connectivity index (χ4v) is 5.31. The van der Waals surface area contributed by atoms with Crippen molar-refractivity contribution in [3.8, 4) is 11.5 Å². The number of ether oxygens (including phenoxy) is 1. The van der Waals surface area contributed by atoms with Crippen LogP contribution >= 0.6 is 19.4 Å². The molecule has 0 aliphatic rings. The van der Waals surface area contributed by atoms with Gasteiger partial charge in [0, 0.05) is 9.79 Å². The number of aromatic hydroxyl groups is 1. The van der Waals surface area contributed by atoms with Crippen molar-refractivity contribution >= 4 is 19.4 Å². The molecule has 0 amide bonds. The molecule has 1 N–H and O–H groups in total. The quantitative estimate of drug-likeness (QED) is 0.408. The number of benzene rings is 2. The summed E-state index contributed by atoms with van der Waals surface area (Å²) in [5.74, 6) is 1.21. The Morgan fingerprint density at radius 2 is 1.62 bits per heavy atom. The average molecular weight is 439 g/mol. The van der Waals surface area contributed by atoms with Crippen molar-refractivity contribution < 1.29 is 23.5 Å². The van der Waals surface area contributed by atoms with Gasteiger partial charge in [-0.2, -0.15) is 0 Å². The highest BCUT2D eigenvalue weighted by Crippen LogP contribution is 2.48. The molecule has 2 rings (SSSR count). The lowest BCUT2D eigenvalue weighted by Gasteiger charge is -2.19. The van der Waals surface area contributed by atoms with E-state index in [2.05, 4.69) is 13.8 Å². The van der Waals surface area contributed by atoms with E-state index in [9.17, 15) is 9.67 Å². The maximum atomic E-state index is 12.6. The third-order valence-electron chi connectivity index (χ3n) is 4.32. The number of phenolic OH excluding ortho intramolecular Hbond substituents is 1. The summed E-state index contributed by atoms with van der Waals surface area (Å²) in [7, 11) is -3.25. The molecule has 2 aromatic rings. The minimum absolute atomic E-state index is 0.115. The van der Waals surface area contributed by atoms with Gasteiger partial charge in [-0.3, -0.25) is 4.57 Å². The second kappa shape index (κ2) is 10.5. The monoisotopic (exact) mass is 438 g/mol. The van der Waals surface area contributed by atoms with Gasteiger partial charge in [-0.05, 0) is 80.6 Å². The minimum atomic E-state index is -3.25. The molecule has 0 aliphatic carbocycles. The largest absolute Gasteiger partial charge is 0.508 e. The van der Waals surface area contributed by atoms with Crippen LogP contribution in [0.5, 0.6) is 11.5 Å². The lowest BCUT2D eigenvalue weighted by Crippen LogP contribution is -2.06. The van der Waals surface area contributed by atoms with E-state index in [0.717, 1.165) is 26.5 Å². The van der Waals surface area contributed by atoms with Gasteiger partial charge in [-0.1, -0.05) is 25.6 Å². The topological polar surface area (TPSA) is 65.0 Å². The lowest BCUT2D eigenvalue weighted by molar-refractivity contribution is 0.197. The van der Waals surface area contributed by atoms with Crippen molar-refractivity contribution in [1.29, 1.82) is 0 Å². The highest BCUT2D eigenvalue weighted by molar-refractivity contribution is 7.99. The molecule has 29 heavy (non-hydrogen) atoms. The number of rotatable bonds is 10. The second-order valence-corrected chi connectivity index (χ2v) is 10.2. The van der Waals surface area contributed by atoms with Crippen molar-refractivity contribution in [3.63, 3.8) is 0 Å². The molecule has 0 aromatic heterocycles. The fourth-order valence-electron chi connectivity index (χ4n) is 2.99. The fraction of sp³-hybridized carbons (Fsp3) is 0.455. The van der Waals surface area contributed by atoms with Crippen LogP contribution in [0.2, 0.25) is 0 Å².